The van der Waals surface area contributed by atoms with Gasteiger partial charge in [0.1, 0.15) is 25.0 Å². The van der Waals surface area contributed by atoms with Crippen LogP contribution in [0.25, 0.3) is 0 Å². The lowest BCUT2D eigenvalue weighted by atomic mass is 9.97. The monoisotopic (exact) mass is 588 g/mol. The summed E-state index contributed by atoms with van der Waals surface area (Å²) in [5.74, 6) is -2.86. The van der Waals surface area contributed by atoms with Crippen LogP contribution in [0.5, 0.6) is 0 Å². The van der Waals surface area contributed by atoms with Crippen LogP contribution in [0.1, 0.15) is 45.2 Å². The second-order valence-electron chi connectivity index (χ2n) is 9.83. The third-order valence-corrected chi connectivity index (χ3v) is 6.51. The Balaban J connectivity index is 1.61. The first-order valence-electron chi connectivity index (χ1n) is 13.2. The Kier molecular flexibility index (Phi) is 9.72. The molecule has 1 aromatic heterocycles. The number of ether oxygens (including phenoxy) is 6. The summed E-state index contributed by atoms with van der Waals surface area (Å²) in [6.07, 6.45) is -4.85. The number of cyclic esters (lactones) is 1. The minimum absolute atomic E-state index is 0.0572. The molecule has 2 fully saturated rings. The molecule has 1 amide bonds. The summed E-state index contributed by atoms with van der Waals surface area (Å²) < 4.78 is 34.1. The van der Waals surface area contributed by atoms with Crippen molar-refractivity contribution in [3.05, 3.63) is 47.8 Å². The Labute approximate surface area is 240 Å². The largest absolute Gasteiger partial charge is 0.463 e. The van der Waals surface area contributed by atoms with Gasteiger partial charge in [0, 0.05) is 27.7 Å². The lowest BCUT2D eigenvalue weighted by molar-refractivity contribution is -0.270. The number of amides is 1. The molecule has 15 heteroatoms. The van der Waals surface area contributed by atoms with Crippen molar-refractivity contribution in [2.45, 2.75) is 77.3 Å². The predicted molar refractivity (Wildman–Crippen MR) is 138 cm³/mol. The van der Waals surface area contributed by atoms with Gasteiger partial charge in [-0.2, -0.15) is 0 Å². The number of carbonyl (C=O) groups excluding carboxylic acids is 5. The predicted octanol–water partition coefficient (Wildman–Crippen LogP) is 1.10. The van der Waals surface area contributed by atoms with E-state index < -0.39 is 60.6 Å². The van der Waals surface area contributed by atoms with E-state index in [1.54, 1.807) is 0 Å². The van der Waals surface area contributed by atoms with Gasteiger partial charge in [-0.1, -0.05) is 35.5 Å². The smallest absolute Gasteiger partial charge is 0.410 e. The molecule has 0 N–H and O–H groups in total. The molecule has 1 aromatic carbocycles. The van der Waals surface area contributed by atoms with Crippen molar-refractivity contribution in [1.82, 2.24) is 19.9 Å². The molecule has 0 unspecified atom stereocenters. The maximum atomic E-state index is 12.5. The van der Waals surface area contributed by atoms with Crippen molar-refractivity contribution >= 4 is 30.0 Å². The molecule has 2 aromatic rings. The summed E-state index contributed by atoms with van der Waals surface area (Å²) >= 11 is 0. The first kappa shape index (κ1) is 30.4. The number of benzene rings is 1. The van der Waals surface area contributed by atoms with Gasteiger partial charge in [-0.15, -0.1) is 5.10 Å². The third-order valence-electron chi connectivity index (χ3n) is 6.51. The van der Waals surface area contributed by atoms with Crippen LogP contribution in [0.2, 0.25) is 0 Å². The summed E-state index contributed by atoms with van der Waals surface area (Å²) in [5.41, 5.74) is 1.40. The van der Waals surface area contributed by atoms with Gasteiger partial charge < -0.3 is 28.4 Å². The number of hydrogen-bond acceptors (Lipinski definition) is 13. The normalized spacial score (nSPS) is 25.3. The average Bonchev–Trinajstić information content (AvgIpc) is 3.52. The second-order valence-corrected chi connectivity index (χ2v) is 9.83. The summed E-state index contributed by atoms with van der Waals surface area (Å²) in [6, 6.07) is 9.41. The zero-order valence-corrected chi connectivity index (χ0v) is 23.5. The van der Waals surface area contributed by atoms with Gasteiger partial charge in [0.15, 0.2) is 24.5 Å². The SMILES string of the molecule is CC(=O)OC[C@H]1O[C@@H](n2cc(CN3C(=O)OC[C@H]3Cc3ccccc3)nn2)[C@H](OC(C)=O)[C@@H](OC(C)=O)[C@@H]1OC(C)=O. The highest BCUT2D eigenvalue weighted by Gasteiger charge is 2.53. The fourth-order valence-corrected chi connectivity index (χ4v) is 4.84. The molecular formula is C27H32N4O11. The summed E-state index contributed by atoms with van der Waals surface area (Å²) in [4.78, 5) is 61.7. The topological polar surface area (TPSA) is 175 Å². The summed E-state index contributed by atoms with van der Waals surface area (Å²) in [6.45, 7) is 4.49. The Morgan fingerprint density at radius 1 is 0.905 bits per heavy atom. The lowest BCUT2D eigenvalue weighted by Gasteiger charge is -2.44. The number of nitrogens with zero attached hydrogens (tertiary/aromatic N) is 4. The molecule has 0 radical (unpaired) electrons. The van der Waals surface area contributed by atoms with E-state index in [1.807, 2.05) is 30.3 Å². The standard InChI is InChI=1S/C27H32N4O11/c1-15(32)37-14-22-23(39-16(2)33)24(40-17(3)34)25(41-18(4)35)26(42-22)31-12-20(28-29-31)11-30-21(13-38-27(30)36)10-19-8-6-5-7-9-19/h5-9,12,21-26H,10-11,13-14H2,1-4H3/t21-,22-,23-,24+,25-,26-/m1/s1. The minimum atomic E-state index is -1.36. The first-order chi connectivity index (χ1) is 20.0. The zero-order chi connectivity index (χ0) is 30.4. The van der Waals surface area contributed by atoms with E-state index in [1.165, 1.54) is 22.7 Å². The van der Waals surface area contributed by atoms with Crippen molar-refractivity contribution in [3.63, 3.8) is 0 Å². The molecule has 3 heterocycles. The van der Waals surface area contributed by atoms with Crippen molar-refractivity contribution in [1.29, 1.82) is 0 Å². The van der Waals surface area contributed by atoms with Crippen LogP contribution < -0.4 is 0 Å². The van der Waals surface area contributed by atoms with E-state index >= 15 is 0 Å². The van der Waals surface area contributed by atoms with Gasteiger partial charge in [-0.3, -0.25) is 24.1 Å². The van der Waals surface area contributed by atoms with Gasteiger partial charge in [-0.05, 0) is 12.0 Å². The van der Waals surface area contributed by atoms with Crippen molar-refractivity contribution < 1.29 is 52.4 Å². The van der Waals surface area contributed by atoms with Gasteiger partial charge in [0.2, 0.25) is 0 Å². The number of rotatable bonds is 10. The molecule has 2 saturated heterocycles. The molecule has 0 aliphatic carbocycles. The average molecular weight is 589 g/mol. The molecule has 0 bridgehead atoms. The molecule has 42 heavy (non-hydrogen) atoms. The molecule has 4 rings (SSSR count). The minimum Gasteiger partial charge on any atom is -0.463 e. The third kappa shape index (κ3) is 7.60. The quantitative estimate of drug-likeness (QED) is 0.285. The Morgan fingerprint density at radius 3 is 2.19 bits per heavy atom. The van der Waals surface area contributed by atoms with Crippen LogP contribution in [0.4, 0.5) is 4.79 Å². The molecule has 15 nitrogen and oxygen atoms in total. The Hall–Kier alpha value is -4.53. The maximum absolute atomic E-state index is 12.5. The summed E-state index contributed by atoms with van der Waals surface area (Å²) in [5, 5.41) is 8.28. The highest BCUT2D eigenvalue weighted by Crippen LogP contribution is 2.34. The van der Waals surface area contributed by atoms with E-state index in [-0.39, 0.29) is 25.8 Å². The van der Waals surface area contributed by atoms with Crippen molar-refractivity contribution in [3.8, 4) is 0 Å². The van der Waals surface area contributed by atoms with Gasteiger partial charge in [0.05, 0.1) is 18.8 Å². The summed E-state index contributed by atoms with van der Waals surface area (Å²) in [7, 11) is 0. The highest BCUT2D eigenvalue weighted by atomic mass is 16.7. The number of carbonyl (C=O) groups is 5. The molecule has 6 atom stereocenters. The molecule has 0 saturated carbocycles. The van der Waals surface area contributed by atoms with E-state index in [0.29, 0.717) is 12.1 Å². The van der Waals surface area contributed by atoms with Crippen molar-refractivity contribution in [2.75, 3.05) is 13.2 Å². The highest BCUT2D eigenvalue weighted by molar-refractivity contribution is 5.70. The van der Waals surface area contributed by atoms with Crippen LogP contribution in [0, 0.1) is 0 Å². The fourth-order valence-electron chi connectivity index (χ4n) is 4.84. The molecular weight excluding hydrogens is 556 g/mol. The number of esters is 4. The molecule has 2 aliphatic heterocycles. The van der Waals surface area contributed by atoms with Gasteiger partial charge >= 0.3 is 30.0 Å². The maximum Gasteiger partial charge on any atom is 0.410 e. The fraction of sp³-hybridized carbons (Fsp3) is 0.519. The molecule has 226 valence electrons. The van der Waals surface area contributed by atoms with Crippen LogP contribution >= 0.6 is 0 Å². The molecule has 0 spiro atoms. The van der Waals surface area contributed by atoms with E-state index in [0.717, 1.165) is 26.3 Å². The number of hydrogen-bond donors (Lipinski definition) is 0. The Bertz CT molecular complexity index is 1300. The van der Waals surface area contributed by atoms with E-state index in [9.17, 15) is 24.0 Å². The van der Waals surface area contributed by atoms with Crippen LogP contribution in [-0.4, -0.2) is 93.5 Å². The van der Waals surface area contributed by atoms with Gasteiger partial charge in [-0.25, -0.2) is 9.48 Å². The number of aromatic nitrogens is 3. The van der Waals surface area contributed by atoms with Crippen LogP contribution in [-0.2, 0) is 60.6 Å². The first-order valence-corrected chi connectivity index (χ1v) is 13.2. The van der Waals surface area contributed by atoms with Crippen molar-refractivity contribution in [2.24, 2.45) is 0 Å². The second kappa shape index (κ2) is 13.4. The van der Waals surface area contributed by atoms with Gasteiger partial charge in [0.25, 0.3) is 0 Å². The van der Waals surface area contributed by atoms with Crippen LogP contribution in [0.15, 0.2) is 36.5 Å². The van der Waals surface area contributed by atoms with Crippen LogP contribution in [0.3, 0.4) is 0 Å². The molecule has 2 aliphatic rings. The van der Waals surface area contributed by atoms with E-state index in [4.69, 9.17) is 28.4 Å². The lowest BCUT2D eigenvalue weighted by Crippen LogP contribution is -2.60. The Morgan fingerprint density at radius 2 is 1.55 bits per heavy atom. The zero-order valence-electron chi connectivity index (χ0n) is 23.5. The van der Waals surface area contributed by atoms with E-state index in [2.05, 4.69) is 10.3 Å².